The first kappa shape index (κ1) is 14.7. The van der Waals surface area contributed by atoms with Gasteiger partial charge < -0.3 is 5.32 Å². The molecular formula is C14H10BrClN2O2. The van der Waals surface area contributed by atoms with Gasteiger partial charge in [0.2, 0.25) is 11.7 Å². The minimum atomic E-state index is -0.272. The first-order valence-corrected chi connectivity index (χ1v) is 6.89. The lowest BCUT2D eigenvalue weighted by Gasteiger charge is -2.10. The van der Waals surface area contributed by atoms with Crippen LogP contribution in [0.2, 0.25) is 5.15 Å². The molecule has 0 saturated carbocycles. The Bertz CT molecular complexity index is 674. The topological polar surface area (TPSA) is 59.1 Å². The van der Waals surface area contributed by atoms with Crippen molar-refractivity contribution in [3.8, 4) is 0 Å². The van der Waals surface area contributed by atoms with Crippen molar-refractivity contribution in [1.82, 2.24) is 4.98 Å². The summed E-state index contributed by atoms with van der Waals surface area (Å²) in [4.78, 5) is 27.6. The molecule has 20 heavy (non-hydrogen) atoms. The van der Waals surface area contributed by atoms with Crippen molar-refractivity contribution in [3.63, 3.8) is 0 Å². The SMILES string of the molecule is CC(=O)Nc1cc(Cl)nc(C(=O)c2ccccc2)c1Br. The summed E-state index contributed by atoms with van der Waals surface area (Å²) >= 11 is 9.19. The third-order valence-electron chi connectivity index (χ3n) is 2.49. The van der Waals surface area contributed by atoms with E-state index < -0.39 is 0 Å². The van der Waals surface area contributed by atoms with Crippen LogP contribution >= 0.6 is 27.5 Å². The molecule has 0 aliphatic carbocycles. The molecule has 0 aliphatic rings. The fourth-order valence-corrected chi connectivity index (χ4v) is 2.33. The molecule has 102 valence electrons. The number of ketones is 1. The Morgan fingerprint density at radius 1 is 1.25 bits per heavy atom. The van der Waals surface area contributed by atoms with E-state index in [1.165, 1.54) is 13.0 Å². The van der Waals surface area contributed by atoms with Crippen LogP contribution < -0.4 is 5.32 Å². The average molecular weight is 354 g/mol. The number of benzene rings is 1. The van der Waals surface area contributed by atoms with Crippen LogP contribution in [0.1, 0.15) is 23.0 Å². The first-order chi connectivity index (χ1) is 9.49. The molecule has 0 aliphatic heterocycles. The molecule has 4 nitrogen and oxygen atoms in total. The van der Waals surface area contributed by atoms with E-state index in [0.29, 0.717) is 15.7 Å². The fourth-order valence-electron chi connectivity index (χ4n) is 1.66. The maximum absolute atomic E-state index is 12.4. The molecule has 2 aromatic rings. The molecule has 1 N–H and O–H groups in total. The molecule has 1 aromatic heterocycles. The second-order valence-corrected chi connectivity index (χ2v) is 5.21. The Morgan fingerprint density at radius 2 is 1.90 bits per heavy atom. The van der Waals surface area contributed by atoms with Crippen molar-refractivity contribution in [2.45, 2.75) is 6.92 Å². The van der Waals surface area contributed by atoms with E-state index >= 15 is 0 Å². The Labute approximate surface area is 129 Å². The molecule has 0 atom stereocenters. The third kappa shape index (κ3) is 3.23. The number of nitrogens with one attached hydrogen (secondary N) is 1. The molecule has 2 rings (SSSR count). The molecule has 6 heteroatoms. The summed E-state index contributed by atoms with van der Waals surface area (Å²) in [5, 5.41) is 2.73. The number of aromatic nitrogens is 1. The Balaban J connectivity index is 2.49. The summed E-state index contributed by atoms with van der Waals surface area (Å²) in [6.07, 6.45) is 0. The van der Waals surface area contributed by atoms with Gasteiger partial charge in [-0.1, -0.05) is 41.9 Å². The molecule has 0 bridgehead atoms. The van der Waals surface area contributed by atoms with Crippen LogP contribution in [0.3, 0.4) is 0 Å². The number of hydrogen-bond donors (Lipinski definition) is 1. The van der Waals surface area contributed by atoms with E-state index in [1.54, 1.807) is 24.3 Å². The lowest BCUT2D eigenvalue weighted by molar-refractivity contribution is -0.114. The van der Waals surface area contributed by atoms with Gasteiger partial charge in [0, 0.05) is 18.6 Å². The van der Waals surface area contributed by atoms with E-state index in [1.807, 2.05) is 6.07 Å². The zero-order chi connectivity index (χ0) is 14.7. The van der Waals surface area contributed by atoms with E-state index in [2.05, 4.69) is 26.2 Å². The highest BCUT2D eigenvalue weighted by atomic mass is 79.9. The van der Waals surface area contributed by atoms with E-state index in [0.717, 1.165) is 0 Å². The van der Waals surface area contributed by atoms with Crippen LogP contribution in [-0.4, -0.2) is 16.7 Å². The fraction of sp³-hybridized carbons (Fsp3) is 0.0714. The number of pyridine rings is 1. The second kappa shape index (κ2) is 6.15. The van der Waals surface area contributed by atoms with Crippen molar-refractivity contribution in [2.24, 2.45) is 0 Å². The number of carbonyl (C=O) groups excluding carboxylic acids is 2. The van der Waals surface area contributed by atoms with E-state index in [9.17, 15) is 9.59 Å². The van der Waals surface area contributed by atoms with Crippen LogP contribution in [0, 0.1) is 0 Å². The molecule has 0 saturated heterocycles. The Kier molecular flexibility index (Phi) is 4.52. The number of anilines is 1. The van der Waals surface area contributed by atoms with Gasteiger partial charge in [0.15, 0.2) is 0 Å². The van der Waals surface area contributed by atoms with Crippen molar-refractivity contribution in [1.29, 1.82) is 0 Å². The standard InChI is InChI=1S/C14H10BrClN2O2/c1-8(19)17-10-7-11(16)18-13(12(10)15)14(20)9-5-3-2-4-6-9/h2-7H,1H3,(H,17,18,19). The largest absolute Gasteiger partial charge is 0.325 e. The van der Waals surface area contributed by atoms with Crippen molar-refractivity contribution in [3.05, 3.63) is 57.3 Å². The summed E-state index contributed by atoms with van der Waals surface area (Å²) in [7, 11) is 0. The normalized spacial score (nSPS) is 10.2. The maximum Gasteiger partial charge on any atom is 0.221 e. The van der Waals surface area contributed by atoms with E-state index in [-0.39, 0.29) is 22.5 Å². The highest BCUT2D eigenvalue weighted by Crippen LogP contribution is 2.29. The monoisotopic (exact) mass is 352 g/mol. The smallest absolute Gasteiger partial charge is 0.221 e. The van der Waals surface area contributed by atoms with Crippen LogP contribution in [0.15, 0.2) is 40.9 Å². The van der Waals surface area contributed by atoms with Gasteiger partial charge in [-0.15, -0.1) is 0 Å². The van der Waals surface area contributed by atoms with Crippen LogP contribution in [-0.2, 0) is 4.79 Å². The second-order valence-electron chi connectivity index (χ2n) is 4.03. The molecule has 1 aromatic carbocycles. The highest BCUT2D eigenvalue weighted by Gasteiger charge is 2.18. The number of amides is 1. The summed E-state index contributed by atoms with van der Waals surface area (Å²) in [5.74, 6) is -0.530. The summed E-state index contributed by atoms with van der Waals surface area (Å²) in [5.41, 5.74) is 1.07. The van der Waals surface area contributed by atoms with Gasteiger partial charge in [0.25, 0.3) is 0 Å². The molecule has 0 radical (unpaired) electrons. The lowest BCUT2D eigenvalue weighted by atomic mass is 10.1. The minimum absolute atomic E-state index is 0.135. The molecule has 0 unspecified atom stereocenters. The summed E-state index contributed by atoms with van der Waals surface area (Å²) in [6, 6.07) is 10.2. The third-order valence-corrected chi connectivity index (χ3v) is 3.48. The number of rotatable bonds is 3. The molecule has 0 fully saturated rings. The summed E-state index contributed by atoms with van der Waals surface area (Å²) < 4.78 is 0.408. The van der Waals surface area contributed by atoms with Gasteiger partial charge in [-0.2, -0.15) is 0 Å². The number of carbonyl (C=O) groups is 2. The number of nitrogens with zero attached hydrogens (tertiary/aromatic N) is 1. The molecule has 1 amide bonds. The average Bonchev–Trinajstić information content (AvgIpc) is 2.42. The molecule has 0 spiro atoms. The molecular weight excluding hydrogens is 344 g/mol. The van der Waals surface area contributed by atoms with Crippen LogP contribution in [0.5, 0.6) is 0 Å². The minimum Gasteiger partial charge on any atom is -0.325 e. The highest BCUT2D eigenvalue weighted by molar-refractivity contribution is 9.10. The maximum atomic E-state index is 12.4. The Hall–Kier alpha value is -1.72. The van der Waals surface area contributed by atoms with Gasteiger partial charge in [0.1, 0.15) is 10.8 Å². The number of halogens is 2. The van der Waals surface area contributed by atoms with E-state index in [4.69, 9.17) is 11.6 Å². The first-order valence-electron chi connectivity index (χ1n) is 5.72. The number of hydrogen-bond acceptors (Lipinski definition) is 3. The van der Waals surface area contributed by atoms with Crippen LogP contribution in [0.4, 0.5) is 5.69 Å². The van der Waals surface area contributed by atoms with Crippen LogP contribution in [0.25, 0.3) is 0 Å². The van der Waals surface area contributed by atoms with Crippen molar-refractivity contribution in [2.75, 3.05) is 5.32 Å². The van der Waals surface area contributed by atoms with Gasteiger partial charge in [-0.05, 0) is 15.9 Å². The molecule has 1 heterocycles. The van der Waals surface area contributed by atoms with Crippen molar-refractivity contribution >= 4 is 44.9 Å². The predicted octanol–water partition coefficient (Wildman–Crippen LogP) is 3.69. The zero-order valence-electron chi connectivity index (χ0n) is 10.5. The summed E-state index contributed by atoms with van der Waals surface area (Å²) in [6.45, 7) is 1.37. The lowest BCUT2D eigenvalue weighted by Crippen LogP contribution is -2.11. The van der Waals surface area contributed by atoms with Gasteiger partial charge >= 0.3 is 0 Å². The zero-order valence-corrected chi connectivity index (χ0v) is 12.8. The van der Waals surface area contributed by atoms with Gasteiger partial charge in [-0.3, -0.25) is 9.59 Å². The predicted molar refractivity (Wildman–Crippen MR) is 81.1 cm³/mol. The quantitative estimate of drug-likeness (QED) is 0.676. The van der Waals surface area contributed by atoms with Crippen molar-refractivity contribution < 1.29 is 9.59 Å². The van der Waals surface area contributed by atoms with Gasteiger partial charge in [0.05, 0.1) is 10.2 Å². The Morgan fingerprint density at radius 3 is 2.50 bits per heavy atom. The van der Waals surface area contributed by atoms with Gasteiger partial charge in [-0.25, -0.2) is 4.98 Å².